The van der Waals surface area contributed by atoms with Crippen LogP contribution in [0.15, 0.2) is 48.9 Å². The fourth-order valence-electron chi connectivity index (χ4n) is 4.25. The highest BCUT2D eigenvalue weighted by atomic mass is 19.1. The minimum Gasteiger partial charge on any atom is -0.395 e. The lowest BCUT2D eigenvalue weighted by Crippen LogP contribution is -2.48. The quantitative estimate of drug-likeness (QED) is 0.434. The number of aromatic nitrogens is 4. The van der Waals surface area contributed by atoms with Gasteiger partial charge in [0.1, 0.15) is 11.3 Å². The molecule has 3 N–H and O–H groups in total. The lowest BCUT2D eigenvalue weighted by atomic mass is 9.99. The number of halogens is 1. The number of carbonyl (C=O) groups is 1. The Labute approximate surface area is 201 Å². The van der Waals surface area contributed by atoms with Crippen LogP contribution in [0.2, 0.25) is 0 Å². The Hall–Kier alpha value is -4.34. The van der Waals surface area contributed by atoms with E-state index < -0.39 is 5.82 Å². The molecule has 3 aromatic heterocycles. The van der Waals surface area contributed by atoms with Gasteiger partial charge >= 0.3 is 0 Å². The van der Waals surface area contributed by atoms with E-state index in [1.54, 1.807) is 37.6 Å². The van der Waals surface area contributed by atoms with Gasteiger partial charge in [-0.1, -0.05) is 0 Å². The van der Waals surface area contributed by atoms with Crippen LogP contribution in [0.3, 0.4) is 0 Å². The molecule has 0 aliphatic carbocycles. The molecule has 1 aliphatic heterocycles. The van der Waals surface area contributed by atoms with Gasteiger partial charge < -0.3 is 20.9 Å². The lowest BCUT2D eigenvalue weighted by molar-refractivity contribution is -0.129. The highest BCUT2D eigenvalue weighted by Gasteiger charge is 2.19. The summed E-state index contributed by atoms with van der Waals surface area (Å²) < 4.78 is 15.0. The Morgan fingerprint density at radius 1 is 1.03 bits per heavy atom. The van der Waals surface area contributed by atoms with Crippen molar-refractivity contribution in [3.05, 3.63) is 60.3 Å². The summed E-state index contributed by atoms with van der Waals surface area (Å²) in [7, 11) is 0. The zero-order valence-electron chi connectivity index (χ0n) is 19.5. The van der Waals surface area contributed by atoms with E-state index in [9.17, 15) is 4.79 Å². The second-order valence-electron chi connectivity index (χ2n) is 8.53. The number of hydrogen-bond donors (Lipinski definition) is 2. The van der Waals surface area contributed by atoms with Crippen molar-refractivity contribution in [2.45, 2.75) is 13.8 Å². The molecule has 0 spiro atoms. The Balaban J connectivity index is 1.37. The number of rotatable bonds is 4. The van der Waals surface area contributed by atoms with E-state index in [0.717, 1.165) is 24.3 Å². The molecule has 1 amide bonds. The molecule has 1 aliphatic rings. The van der Waals surface area contributed by atoms with Gasteiger partial charge in [-0.05, 0) is 42.8 Å². The largest absolute Gasteiger partial charge is 0.395 e. The van der Waals surface area contributed by atoms with Gasteiger partial charge in [-0.2, -0.15) is 0 Å². The van der Waals surface area contributed by atoms with Gasteiger partial charge in [-0.25, -0.2) is 9.37 Å². The highest BCUT2D eigenvalue weighted by molar-refractivity contribution is 5.95. The number of nitrogens with two attached hydrogens (primary N) is 1. The fraction of sp³-hybridized carbons (Fsp3) is 0.240. The van der Waals surface area contributed by atoms with Crippen molar-refractivity contribution in [2.75, 3.05) is 42.1 Å². The minimum absolute atomic E-state index is 0.0489. The van der Waals surface area contributed by atoms with E-state index in [0.29, 0.717) is 46.8 Å². The number of amides is 1. The van der Waals surface area contributed by atoms with Crippen LogP contribution < -0.4 is 16.0 Å². The van der Waals surface area contributed by atoms with Crippen LogP contribution in [0.25, 0.3) is 22.0 Å². The van der Waals surface area contributed by atoms with Crippen LogP contribution in [0, 0.1) is 12.7 Å². The summed E-state index contributed by atoms with van der Waals surface area (Å²) in [5.41, 5.74) is 9.24. The number of nitrogens with one attached hydrogen (secondary N) is 1. The van der Waals surface area contributed by atoms with Crippen molar-refractivity contribution in [2.24, 2.45) is 0 Å². The predicted molar refractivity (Wildman–Crippen MR) is 134 cm³/mol. The number of pyridine rings is 2. The molecular formula is C25H25FN8O. The molecule has 178 valence electrons. The van der Waals surface area contributed by atoms with Crippen molar-refractivity contribution in [1.29, 1.82) is 0 Å². The van der Waals surface area contributed by atoms with Gasteiger partial charge in [0, 0.05) is 62.0 Å². The Morgan fingerprint density at radius 2 is 1.83 bits per heavy atom. The molecule has 4 heterocycles. The van der Waals surface area contributed by atoms with E-state index in [2.05, 4.69) is 30.4 Å². The average molecular weight is 473 g/mol. The molecule has 0 unspecified atom stereocenters. The second kappa shape index (κ2) is 9.13. The molecule has 1 saturated heterocycles. The molecule has 4 aromatic rings. The zero-order chi connectivity index (χ0) is 24.5. The Morgan fingerprint density at radius 3 is 2.51 bits per heavy atom. The van der Waals surface area contributed by atoms with E-state index in [1.165, 1.54) is 0 Å². The van der Waals surface area contributed by atoms with Crippen LogP contribution in [-0.2, 0) is 4.79 Å². The molecule has 0 radical (unpaired) electrons. The van der Waals surface area contributed by atoms with Gasteiger partial charge in [0.05, 0.1) is 17.6 Å². The zero-order valence-corrected chi connectivity index (χ0v) is 19.5. The number of anilines is 4. The minimum atomic E-state index is -0.537. The molecule has 0 saturated carbocycles. The number of benzene rings is 1. The van der Waals surface area contributed by atoms with Crippen molar-refractivity contribution in [3.63, 3.8) is 0 Å². The summed E-state index contributed by atoms with van der Waals surface area (Å²) in [6.07, 6.45) is 5.08. The van der Waals surface area contributed by atoms with Crippen LogP contribution in [0.5, 0.6) is 0 Å². The first kappa shape index (κ1) is 22.5. The number of nitrogens with zero attached hydrogens (tertiary/aromatic N) is 6. The molecule has 9 nitrogen and oxygen atoms in total. The van der Waals surface area contributed by atoms with E-state index in [1.807, 2.05) is 30.0 Å². The van der Waals surface area contributed by atoms with Crippen molar-refractivity contribution >= 4 is 39.8 Å². The Kier molecular flexibility index (Phi) is 5.86. The molecule has 5 rings (SSSR count). The molecule has 10 heteroatoms. The number of carbonyl (C=O) groups excluding carboxylic acids is 1. The monoisotopic (exact) mass is 472 g/mol. The van der Waals surface area contributed by atoms with E-state index >= 15 is 4.39 Å². The molecule has 0 bridgehead atoms. The normalized spacial score (nSPS) is 13.8. The highest BCUT2D eigenvalue weighted by Crippen LogP contribution is 2.34. The average Bonchev–Trinajstić information content (AvgIpc) is 2.87. The van der Waals surface area contributed by atoms with Crippen molar-refractivity contribution < 1.29 is 9.18 Å². The van der Waals surface area contributed by atoms with Gasteiger partial charge in [0.15, 0.2) is 11.6 Å². The summed E-state index contributed by atoms with van der Waals surface area (Å²) >= 11 is 0. The van der Waals surface area contributed by atoms with Crippen molar-refractivity contribution in [1.82, 2.24) is 25.1 Å². The summed E-state index contributed by atoms with van der Waals surface area (Å²) in [6.45, 7) is 6.42. The Bertz CT molecular complexity index is 1400. The first-order valence-corrected chi connectivity index (χ1v) is 11.3. The van der Waals surface area contributed by atoms with Gasteiger partial charge in [-0.3, -0.25) is 9.78 Å². The SMILES string of the molecule is CC(=O)N1CCN(c2ccc(Nc3cc4cc(-c5cnccc5C)c(F)c(N)c4nn3)nc2)CC1. The summed E-state index contributed by atoms with van der Waals surface area (Å²) in [5.74, 6) is 0.631. The third-order valence-corrected chi connectivity index (χ3v) is 6.27. The maximum atomic E-state index is 15.0. The van der Waals surface area contributed by atoms with Crippen LogP contribution in [0.1, 0.15) is 12.5 Å². The second-order valence-corrected chi connectivity index (χ2v) is 8.53. The smallest absolute Gasteiger partial charge is 0.219 e. The predicted octanol–water partition coefficient (Wildman–Crippen LogP) is 3.53. The lowest BCUT2D eigenvalue weighted by Gasteiger charge is -2.35. The standard InChI is InChI=1S/C25H25FN8O/c1-15-5-6-28-14-20(15)19-11-17-12-22(31-32-25(17)24(27)23(19)26)30-21-4-3-18(13-29-21)34-9-7-33(8-10-34)16(2)35/h3-6,11-14H,7-10,27H2,1-2H3,(H,29,30,31). The molecule has 1 fully saturated rings. The number of hydrogen-bond acceptors (Lipinski definition) is 8. The summed E-state index contributed by atoms with van der Waals surface area (Å²) in [4.78, 5) is 24.2. The summed E-state index contributed by atoms with van der Waals surface area (Å²) in [5, 5.41) is 12.1. The maximum Gasteiger partial charge on any atom is 0.219 e. The van der Waals surface area contributed by atoms with Crippen molar-refractivity contribution in [3.8, 4) is 11.1 Å². The third kappa shape index (κ3) is 4.42. The number of aryl methyl sites for hydroxylation is 1. The number of piperazine rings is 1. The molecular weight excluding hydrogens is 447 g/mol. The first-order valence-electron chi connectivity index (χ1n) is 11.3. The summed E-state index contributed by atoms with van der Waals surface area (Å²) in [6, 6.07) is 9.14. The van der Waals surface area contributed by atoms with Gasteiger partial charge in [-0.15, -0.1) is 10.2 Å². The van der Waals surface area contributed by atoms with Gasteiger partial charge in [0.2, 0.25) is 5.91 Å². The topological polar surface area (TPSA) is 113 Å². The third-order valence-electron chi connectivity index (χ3n) is 6.27. The van der Waals surface area contributed by atoms with Crippen LogP contribution in [-0.4, -0.2) is 57.2 Å². The molecule has 35 heavy (non-hydrogen) atoms. The number of nitrogen functional groups attached to an aromatic ring is 1. The van der Waals surface area contributed by atoms with Gasteiger partial charge in [0.25, 0.3) is 0 Å². The molecule has 1 aromatic carbocycles. The number of fused-ring (bicyclic) bond motifs is 1. The van der Waals surface area contributed by atoms with E-state index in [-0.39, 0.29) is 11.6 Å². The van der Waals surface area contributed by atoms with E-state index in [4.69, 9.17) is 5.73 Å². The fourth-order valence-corrected chi connectivity index (χ4v) is 4.25. The molecule has 0 atom stereocenters. The first-order chi connectivity index (χ1) is 16.9. The van der Waals surface area contributed by atoms with Crippen LogP contribution >= 0.6 is 0 Å². The maximum absolute atomic E-state index is 15.0. The van der Waals surface area contributed by atoms with Crippen LogP contribution in [0.4, 0.5) is 27.4 Å².